The molecule has 0 spiro atoms. The van der Waals surface area contributed by atoms with Crippen LogP contribution in [0.3, 0.4) is 0 Å². The smallest absolute Gasteiger partial charge is 0.255 e. The van der Waals surface area contributed by atoms with Gasteiger partial charge in [0.05, 0.1) is 17.9 Å². The molecule has 0 aromatic heterocycles. The van der Waals surface area contributed by atoms with Crippen LogP contribution in [0.2, 0.25) is 0 Å². The Hall–Kier alpha value is -2.70. The topological polar surface area (TPSA) is 78.0 Å². The predicted octanol–water partition coefficient (Wildman–Crippen LogP) is 0.363. The van der Waals surface area contributed by atoms with E-state index in [9.17, 15) is 19.2 Å². The first kappa shape index (κ1) is 16.8. The molecule has 26 heavy (non-hydrogen) atoms. The summed E-state index contributed by atoms with van der Waals surface area (Å²) in [6, 6.07) is 8.21. The van der Waals surface area contributed by atoms with Crippen molar-refractivity contribution >= 4 is 23.6 Å². The minimum absolute atomic E-state index is 0.260. The van der Waals surface area contributed by atoms with Gasteiger partial charge in [-0.3, -0.25) is 24.1 Å². The molecule has 0 radical (unpaired) electrons. The fourth-order valence-corrected chi connectivity index (χ4v) is 4.88. The number of fused-ring (bicyclic) bond motifs is 5. The van der Waals surface area contributed by atoms with Crippen molar-refractivity contribution in [2.75, 3.05) is 20.1 Å². The van der Waals surface area contributed by atoms with Crippen LogP contribution in [0.25, 0.3) is 0 Å². The van der Waals surface area contributed by atoms with Gasteiger partial charge in [-0.15, -0.1) is 0 Å². The third-order valence-corrected chi connectivity index (χ3v) is 6.17. The Morgan fingerprint density at radius 2 is 1.81 bits per heavy atom. The predicted molar refractivity (Wildman–Crippen MR) is 91.8 cm³/mol. The number of likely N-dealkylation sites (tertiary alicyclic amines) is 2. The van der Waals surface area contributed by atoms with E-state index in [0.717, 1.165) is 4.90 Å². The molecular weight excluding hydrogens is 334 g/mol. The molecule has 7 heteroatoms. The van der Waals surface area contributed by atoms with Gasteiger partial charge in [-0.25, -0.2) is 0 Å². The molecule has 3 saturated heterocycles. The van der Waals surface area contributed by atoms with Crippen LogP contribution in [0, 0.1) is 11.8 Å². The Labute approximate surface area is 151 Å². The highest BCUT2D eigenvalue weighted by Gasteiger charge is 2.73. The minimum Gasteiger partial charge on any atom is -0.339 e. The Bertz CT molecular complexity index is 823. The summed E-state index contributed by atoms with van der Waals surface area (Å²) in [5.74, 6) is -2.72. The number of benzene rings is 1. The molecule has 0 N–H and O–H groups in total. The Morgan fingerprint density at radius 3 is 2.42 bits per heavy atom. The van der Waals surface area contributed by atoms with Gasteiger partial charge in [0, 0.05) is 25.7 Å². The molecule has 4 amide bonds. The number of amides is 4. The highest BCUT2D eigenvalue weighted by molar-refractivity contribution is 6.13. The van der Waals surface area contributed by atoms with Crippen LogP contribution < -0.4 is 0 Å². The molecule has 136 valence electrons. The van der Waals surface area contributed by atoms with Crippen LogP contribution in [0.15, 0.2) is 30.3 Å². The molecule has 0 saturated carbocycles. The molecular formula is C19H21N3O4. The summed E-state index contributed by atoms with van der Waals surface area (Å²) in [6.45, 7) is 4.26. The lowest BCUT2D eigenvalue weighted by Gasteiger charge is -2.47. The van der Waals surface area contributed by atoms with E-state index in [-0.39, 0.29) is 30.2 Å². The fourth-order valence-electron chi connectivity index (χ4n) is 4.88. The highest BCUT2D eigenvalue weighted by Crippen LogP contribution is 2.52. The van der Waals surface area contributed by atoms with Gasteiger partial charge in [0.25, 0.3) is 5.91 Å². The minimum atomic E-state index is -1.34. The molecule has 3 fully saturated rings. The van der Waals surface area contributed by atoms with Crippen molar-refractivity contribution in [1.82, 2.24) is 14.7 Å². The maximum Gasteiger partial charge on any atom is 0.255 e. The molecule has 7 nitrogen and oxygen atoms in total. The van der Waals surface area contributed by atoms with Gasteiger partial charge in [0.15, 0.2) is 0 Å². The first-order valence-electron chi connectivity index (χ1n) is 8.83. The molecule has 3 heterocycles. The second-order valence-corrected chi connectivity index (χ2v) is 7.34. The van der Waals surface area contributed by atoms with Gasteiger partial charge in [-0.05, 0) is 26.0 Å². The quantitative estimate of drug-likeness (QED) is 0.718. The van der Waals surface area contributed by atoms with Crippen molar-refractivity contribution in [2.24, 2.45) is 11.8 Å². The first-order chi connectivity index (χ1) is 12.3. The summed E-state index contributed by atoms with van der Waals surface area (Å²) >= 11 is 0. The van der Waals surface area contributed by atoms with E-state index in [4.69, 9.17) is 0 Å². The average Bonchev–Trinajstić information content (AvgIpc) is 3.01. The zero-order valence-electron chi connectivity index (χ0n) is 15.0. The third-order valence-electron chi connectivity index (χ3n) is 6.17. The summed E-state index contributed by atoms with van der Waals surface area (Å²) in [5, 5.41) is 0. The monoisotopic (exact) mass is 355 g/mol. The molecule has 3 aliphatic rings. The highest BCUT2D eigenvalue weighted by atomic mass is 16.2. The summed E-state index contributed by atoms with van der Waals surface area (Å²) in [6.07, 6.45) is 0. The van der Waals surface area contributed by atoms with E-state index < -0.39 is 23.4 Å². The summed E-state index contributed by atoms with van der Waals surface area (Å²) < 4.78 is 0. The SMILES string of the molecule is CCN1C[C@@H]2[C@@H]3C(=O)N(C)C(=O)[C@@H]3[C@](C)(C1=O)N2C(=O)c1ccccc1. The molecule has 0 aliphatic carbocycles. The number of hydrogen-bond donors (Lipinski definition) is 0. The molecule has 4 atom stereocenters. The van der Waals surface area contributed by atoms with E-state index in [0.29, 0.717) is 12.1 Å². The maximum absolute atomic E-state index is 13.3. The van der Waals surface area contributed by atoms with Gasteiger partial charge in [0.1, 0.15) is 5.54 Å². The summed E-state index contributed by atoms with van der Waals surface area (Å²) in [7, 11) is 1.45. The van der Waals surface area contributed by atoms with Gasteiger partial charge in [0.2, 0.25) is 17.7 Å². The standard InChI is InChI=1S/C19H21N3O4/c1-4-21-10-12-13-14(17(25)20(3)16(13)24)19(2,18(21)26)22(12)15(23)11-8-6-5-7-9-11/h5-9,12-14H,4,10H2,1-3H3/t12-,13+,14-,19-/m1/s1. The van der Waals surface area contributed by atoms with Crippen molar-refractivity contribution < 1.29 is 19.2 Å². The van der Waals surface area contributed by atoms with Crippen LogP contribution in [-0.4, -0.2) is 70.0 Å². The van der Waals surface area contributed by atoms with Crippen LogP contribution >= 0.6 is 0 Å². The van der Waals surface area contributed by atoms with E-state index in [1.54, 1.807) is 36.1 Å². The Morgan fingerprint density at radius 1 is 1.15 bits per heavy atom. The van der Waals surface area contributed by atoms with E-state index >= 15 is 0 Å². The normalized spacial score (nSPS) is 33.1. The van der Waals surface area contributed by atoms with Gasteiger partial charge in [-0.2, -0.15) is 0 Å². The molecule has 4 rings (SSSR count). The number of carbonyl (C=O) groups is 4. The summed E-state index contributed by atoms with van der Waals surface area (Å²) in [5.41, 5.74) is -0.886. The van der Waals surface area contributed by atoms with Crippen LogP contribution in [0.4, 0.5) is 0 Å². The maximum atomic E-state index is 13.3. The molecule has 2 bridgehead atoms. The van der Waals surface area contributed by atoms with Crippen molar-refractivity contribution in [3.63, 3.8) is 0 Å². The first-order valence-corrected chi connectivity index (χ1v) is 8.83. The van der Waals surface area contributed by atoms with Gasteiger partial charge in [-0.1, -0.05) is 18.2 Å². The zero-order valence-corrected chi connectivity index (χ0v) is 15.0. The number of carbonyl (C=O) groups excluding carboxylic acids is 4. The second-order valence-electron chi connectivity index (χ2n) is 7.34. The van der Waals surface area contributed by atoms with E-state index in [1.807, 2.05) is 13.0 Å². The molecule has 0 unspecified atom stereocenters. The van der Waals surface area contributed by atoms with Crippen molar-refractivity contribution in [2.45, 2.75) is 25.4 Å². The van der Waals surface area contributed by atoms with Crippen LogP contribution in [0.5, 0.6) is 0 Å². The molecule has 1 aromatic carbocycles. The number of imide groups is 1. The number of nitrogens with zero attached hydrogens (tertiary/aromatic N) is 3. The lowest BCUT2D eigenvalue weighted by molar-refractivity contribution is -0.154. The largest absolute Gasteiger partial charge is 0.339 e. The summed E-state index contributed by atoms with van der Waals surface area (Å²) in [4.78, 5) is 56.3. The van der Waals surface area contributed by atoms with E-state index in [2.05, 4.69) is 0 Å². The van der Waals surface area contributed by atoms with Crippen molar-refractivity contribution in [1.29, 1.82) is 0 Å². The van der Waals surface area contributed by atoms with Crippen LogP contribution in [0.1, 0.15) is 24.2 Å². The van der Waals surface area contributed by atoms with Crippen LogP contribution in [-0.2, 0) is 14.4 Å². The van der Waals surface area contributed by atoms with E-state index in [1.165, 1.54) is 11.9 Å². The number of piperazine rings is 1. The lowest BCUT2D eigenvalue weighted by atomic mass is 9.81. The fraction of sp³-hybridized carbons (Fsp3) is 0.474. The van der Waals surface area contributed by atoms with Gasteiger partial charge < -0.3 is 9.80 Å². The molecule has 3 aliphatic heterocycles. The number of hydrogen-bond acceptors (Lipinski definition) is 4. The number of rotatable bonds is 2. The zero-order chi connectivity index (χ0) is 18.8. The Balaban J connectivity index is 1.87. The van der Waals surface area contributed by atoms with Crippen molar-refractivity contribution in [3.8, 4) is 0 Å². The lowest BCUT2D eigenvalue weighted by Crippen LogP contribution is -2.68. The molecule has 1 aromatic rings. The average molecular weight is 355 g/mol. The van der Waals surface area contributed by atoms with Gasteiger partial charge >= 0.3 is 0 Å². The number of likely N-dealkylation sites (N-methyl/N-ethyl adjacent to an activating group) is 1. The third kappa shape index (κ3) is 1.83. The second kappa shape index (κ2) is 5.40. The van der Waals surface area contributed by atoms with Crippen molar-refractivity contribution in [3.05, 3.63) is 35.9 Å². The Kier molecular flexibility index (Phi) is 3.48.